The maximum atomic E-state index is 15.0. The molecule has 248 valence electrons. The summed E-state index contributed by atoms with van der Waals surface area (Å²) >= 11 is 1.62. The van der Waals surface area contributed by atoms with Gasteiger partial charge in [0.15, 0.2) is 0 Å². The van der Waals surface area contributed by atoms with Gasteiger partial charge >= 0.3 is 11.7 Å². The number of aryl methyl sites for hydroxylation is 1. The van der Waals surface area contributed by atoms with Gasteiger partial charge in [-0.3, -0.25) is 19.1 Å². The van der Waals surface area contributed by atoms with Gasteiger partial charge in [0.2, 0.25) is 0 Å². The smallest absolute Gasteiger partial charge is 0.335 e. The largest absolute Gasteiger partial charge is 0.480 e. The van der Waals surface area contributed by atoms with Crippen molar-refractivity contribution in [2.75, 3.05) is 11.9 Å². The van der Waals surface area contributed by atoms with E-state index in [2.05, 4.69) is 21.0 Å². The summed E-state index contributed by atoms with van der Waals surface area (Å²) < 4.78 is 32.3. The number of anilines is 1. The first kappa shape index (κ1) is 33.0. The van der Waals surface area contributed by atoms with E-state index in [-0.39, 0.29) is 23.2 Å². The van der Waals surface area contributed by atoms with E-state index in [1.165, 1.54) is 54.3 Å². The van der Waals surface area contributed by atoms with Crippen LogP contribution < -0.4 is 21.9 Å². The van der Waals surface area contributed by atoms with Gasteiger partial charge in [-0.2, -0.15) is 11.3 Å². The van der Waals surface area contributed by atoms with Crippen LogP contribution in [0.5, 0.6) is 0 Å². The molecule has 3 N–H and O–H groups in total. The second-order valence-electron chi connectivity index (χ2n) is 11.3. The molecule has 6 aromatic rings. The second kappa shape index (κ2) is 14.0. The molecule has 0 aliphatic carbocycles. The van der Waals surface area contributed by atoms with E-state index in [0.29, 0.717) is 24.0 Å². The molecule has 0 spiro atoms. The van der Waals surface area contributed by atoms with Crippen molar-refractivity contribution in [2.45, 2.75) is 18.9 Å². The first-order valence-electron chi connectivity index (χ1n) is 15.1. The van der Waals surface area contributed by atoms with Crippen LogP contribution in [0.1, 0.15) is 21.5 Å². The average molecular weight is 682 g/mol. The number of nitrogens with one attached hydrogen (secondary N) is 2. The molecule has 3 aromatic carbocycles. The highest BCUT2D eigenvalue weighted by Gasteiger charge is 2.26. The number of pyridine rings is 1. The molecule has 13 heteroatoms. The number of carbonyl (C=O) groups excluding carboxylic acids is 1. The van der Waals surface area contributed by atoms with E-state index in [1.54, 1.807) is 11.3 Å². The average Bonchev–Trinajstić information content (AvgIpc) is 3.63. The minimum Gasteiger partial charge on any atom is -0.480 e. The number of amides is 1. The molecule has 0 saturated carbocycles. The predicted molar refractivity (Wildman–Crippen MR) is 183 cm³/mol. The minimum absolute atomic E-state index is 0.133. The third kappa shape index (κ3) is 7.02. The number of carboxylic acid groups (broad SMARTS) is 1. The van der Waals surface area contributed by atoms with E-state index in [0.717, 1.165) is 33.4 Å². The molecule has 0 saturated heterocycles. The summed E-state index contributed by atoms with van der Waals surface area (Å²) in [5, 5.41) is 19.3. The zero-order chi connectivity index (χ0) is 34.7. The van der Waals surface area contributed by atoms with Crippen LogP contribution in [0.4, 0.5) is 14.5 Å². The van der Waals surface area contributed by atoms with Crippen molar-refractivity contribution < 1.29 is 23.5 Å². The summed E-state index contributed by atoms with van der Waals surface area (Å²) in [4.78, 5) is 54.9. The summed E-state index contributed by atoms with van der Waals surface area (Å²) in [6, 6.07) is 17.9. The molecule has 0 unspecified atom stereocenters. The third-order valence-corrected chi connectivity index (χ3v) is 8.81. The lowest BCUT2D eigenvalue weighted by Gasteiger charge is -2.16. The van der Waals surface area contributed by atoms with Crippen molar-refractivity contribution >= 4 is 39.8 Å². The van der Waals surface area contributed by atoms with Gasteiger partial charge in [0, 0.05) is 31.9 Å². The van der Waals surface area contributed by atoms with Gasteiger partial charge in [-0.15, -0.1) is 0 Å². The Morgan fingerprint density at radius 1 is 0.939 bits per heavy atom. The molecule has 1 amide bonds. The SMILES string of the molecule is Cn1c(=O)n(-c2ccc(C[C@H](NC(=O)c3c(F)cc(NCCc4ccc(-c5ccsc5)cc4)cc3F)C(=O)O)cc2)c(=O)c2ccncc21. The van der Waals surface area contributed by atoms with Gasteiger partial charge in [-0.25, -0.2) is 22.9 Å². The van der Waals surface area contributed by atoms with Crippen LogP contribution in [-0.4, -0.2) is 43.7 Å². The van der Waals surface area contributed by atoms with E-state index in [4.69, 9.17) is 0 Å². The summed E-state index contributed by atoms with van der Waals surface area (Å²) in [6.45, 7) is 0.379. The number of fused-ring (bicyclic) bond motifs is 1. The maximum Gasteiger partial charge on any atom is 0.335 e. The molecule has 1 atom stereocenters. The lowest BCUT2D eigenvalue weighted by Crippen LogP contribution is -2.43. The van der Waals surface area contributed by atoms with Gasteiger partial charge in [-0.1, -0.05) is 36.4 Å². The molecule has 0 aliphatic heterocycles. The molecule has 3 heterocycles. The fourth-order valence-corrected chi connectivity index (χ4v) is 6.17. The van der Waals surface area contributed by atoms with Crippen LogP contribution in [0.3, 0.4) is 0 Å². The highest BCUT2D eigenvalue weighted by molar-refractivity contribution is 7.08. The summed E-state index contributed by atoms with van der Waals surface area (Å²) in [5.41, 5.74) is 2.39. The maximum absolute atomic E-state index is 15.0. The Hall–Kier alpha value is -5.95. The summed E-state index contributed by atoms with van der Waals surface area (Å²) in [5.74, 6) is -4.94. The Labute approximate surface area is 281 Å². The predicted octanol–water partition coefficient (Wildman–Crippen LogP) is 5.17. The highest BCUT2D eigenvalue weighted by atomic mass is 32.1. The number of nitrogens with zero attached hydrogens (tertiary/aromatic N) is 3. The fourth-order valence-electron chi connectivity index (χ4n) is 5.51. The van der Waals surface area contributed by atoms with Gasteiger partial charge in [-0.05, 0) is 75.8 Å². The van der Waals surface area contributed by atoms with Crippen molar-refractivity contribution in [3.63, 3.8) is 0 Å². The van der Waals surface area contributed by atoms with E-state index < -0.39 is 46.4 Å². The van der Waals surface area contributed by atoms with E-state index >= 15 is 8.78 Å². The number of halogens is 2. The molecule has 0 bridgehead atoms. The van der Waals surface area contributed by atoms with Crippen LogP contribution in [0, 0.1) is 11.6 Å². The standard InChI is InChI=1S/C36H29F2N5O5S/c1-42-31-19-39-13-11-27(31)34(45)43(36(42)48)26-8-4-22(5-9-26)16-30(35(46)47)41-33(44)32-28(37)17-25(18-29(32)38)40-14-10-21-2-6-23(7-3-21)24-12-15-49-20-24/h2-9,11-13,15,17-20,30,40H,10,14,16H2,1H3,(H,41,44)(H,46,47)/t30-/m0/s1. The third-order valence-electron chi connectivity index (χ3n) is 8.13. The van der Waals surface area contributed by atoms with Crippen LogP contribution in [0.2, 0.25) is 0 Å². The van der Waals surface area contributed by atoms with Crippen molar-refractivity contribution in [3.8, 4) is 16.8 Å². The van der Waals surface area contributed by atoms with E-state index in [9.17, 15) is 24.3 Å². The van der Waals surface area contributed by atoms with Crippen molar-refractivity contribution in [2.24, 2.45) is 7.05 Å². The number of carboxylic acids is 1. The number of rotatable bonds is 11. The van der Waals surface area contributed by atoms with Gasteiger partial charge in [0.25, 0.3) is 11.5 Å². The first-order chi connectivity index (χ1) is 23.6. The Balaban J connectivity index is 1.10. The zero-order valence-electron chi connectivity index (χ0n) is 26.0. The topological polar surface area (TPSA) is 135 Å². The van der Waals surface area contributed by atoms with Crippen molar-refractivity contribution in [1.82, 2.24) is 19.4 Å². The summed E-state index contributed by atoms with van der Waals surface area (Å²) in [7, 11) is 1.51. The van der Waals surface area contributed by atoms with Crippen LogP contribution >= 0.6 is 11.3 Å². The number of hydrogen-bond acceptors (Lipinski definition) is 7. The highest BCUT2D eigenvalue weighted by Crippen LogP contribution is 2.23. The number of aliphatic carboxylic acids is 1. The lowest BCUT2D eigenvalue weighted by atomic mass is 10.0. The Morgan fingerprint density at radius 3 is 2.29 bits per heavy atom. The number of benzene rings is 3. The van der Waals surface area contributed by atoms with Gasteiger partial charge < -0.3 is 15.7 Å². The molecule has 49 heavy (non-hydrogen) atoms. The molecular weight excluding hydrogens is 652 g/mol. The van der Waals surface area contributed by atoms with Crippen LogP contribution in [-0.2, 0) is 24.7 Å². The molecule has 3 aromatic heterocycles. The van der Waals surface area contributed by atoms with Crippen molar-refractivity contribution in [1.29, 1.82) is 0 Å². The molecule has 0 fully saturated rings. The first-order valence-corrected chi connectivity index (χ1v) is 16.1. The Kier molecular flexibility index (Phi) is 9.44. The fraction of sp³-hybridized carbons (Fsp3) is 0.139. The van der Waals surface area contributed by atoms with Crippen molar-refractivity contribution in [3.05, 3.63) is 145 Å². The van der Waals surface area contributed by atoms with E-state index in [1.807, 2.05) is 35.7 Å². The Bertz CT molecular complexity index is 2260. The number of aromatic nitrogens is 3. The monoisotopic (exact) mass is 681 g/mol. The molecular formula is C36H29F2N5O5S. The van der Waals surface area contributed by atoms with Gasteiger partial charge in [0.05, 0.1) is 22.8 Å². The number of thiophene rings is 1. The summed E-state index contributed by atoms with van der Waals surface area (Å²) in [6.07, 6.45) is 3.21. The minimum atomic E-state index is -1.54. The number of hydrogen-bond donors (Lipinski definition) is 3. The number of carbonyl (C=O) groups is 2. The second-order valence-corrected chi connectivity index (χ2v) is 12.1. The lowest BCUT2D eigenvalue weighted by molar-refractivity contribution is -0.139. The zero-order valence-corrected chi connectivity index (χ0v) is 26.8. The molecule has 6 rings (SSSR count). The van der Waals surface area contributed by atoms with Crippen LogP contribution in [0.25, 0.3) is 27.7 Å². The molecule has 0 radical (unpaired) electrons. The normalized spacial score (nSPS) is 11.7. The quantitative estimate of drug-likeness (QED) is 0.172. The molecule has 0 aliphatic rings. The molecule has 10 nitrogen and oxygen atoms in total. The Morgan fingerprint density at radius 2 is 1.63 bits per heavy atom. The van der Waals surface area contributed by atoms with Crippen LogP contribution in [0.15, 0.2) is 106 Å². The van der Waals surface area contributed by atoms with Gasteiger partial charge in [0.1, 0.15) is 23.2 Å².